The maximum absolute atomic E-state index is 13.0. The highest BCUT2D eigenvalue weighted by atomic mass is 16.2. The molecule has 2 heterocycles. The van der Waals surface area contributed by atoms with Crippen molar-refractivity contribution in [2.24, 2.45) is 11.3 Å². The van der Waals surface area contributed by atoms with Crippen LogP contribution >= 0.6 is 0 Å². The summed E-state index contributed by atoms with van der Waals surface area (Å²) >= 11 is 0. The van der Waals surface area contributed by atoms with Gasteiger partial charge in [0.25, 0.3) is 0 Å². The lowest BCUT2D eigenvalue weighted by Gasteiger charge is -2.41. The van der Waals surface area contributed by atoms with E-state index in [1.54, 1.807) is 0 Å². The van der Waals surface area contributed by atoms with Gasteiger partial charge in [0.1, 0.15) is 12.6 Å². The molecular formula is C14H23N3O3. The number of nitrogens with one attached hydrogen (secondary N) is 2. The van der Waals surface area contributed by atoms with Gasteiger partial charge in [-0.15, -0.1) is 0 Å². The highest BCUT2D eigenvalue weighted by molar-refractivity contribution is 6.05. The zero-order valence-corrected chi connectivity index (χ0v) is 12.4. The molecule has 2 saturated heterocycles. The first-order valence-electron chi connectivity index (χ1n) is 7.28. The lowest BCUT2D eigenvalue weighted by molar-refractivity contribution is -0.157. The predicted molar refractivity (Wildman–Crippen MR) is 73.7 cm³/mol. The molecule has 0 aromatic heterocycles. The monoisotopic (exact) mass is 281 g/mol. The number of hydrogen-bond donors (Lipinski definition) is 2. The number of amides is 3. The Kier molecular flexibility index (Phi) is 4.13. The van der Waals surface area contributed by atoms with Gasteiger partial charge in [0.05, 0.1) is 5.41 Å². The van der Waals surface area contributed by atoms with Crippen LogP contribution in [0.25, 0.3) is 0 Å². The zero-order chi connectivity index (χ0) is 14.9. The van der Waals surface area contributed by atoms with E-state index < -0.39 is 17.4 Å². The number of rotatable bonds is 3. The summed E-state index contributed by atoms with van der Waals surface area (Å²) in [7, 11) is 0. The molecule has 0 bridgehead atoms. The molecule has 2 rings (SSSR count). The van der Waals surface area contributed by atoms with E-state index in [2.05, 4.69) is 10.6 Å². The van der Waals surface area contributed by atoms with E-state index in [4.69, 9.17) is 0 Å². The number of piperazine rings is 1. The Hall–Kier alpha value is -1.43. The molecule has 0 saturated carbocycles. The first kappa shape index (κ1) is 15.0. The van der Waals surface area contributed by atoms with Crippen molar-refractivity contribution in [3.63, 3.8) is 0 Å². The first-order valence-corrected chi connectivity index (χ1v) is 7.28. The van der Waals surface area contributed by atoms with Gasteiger partial charge in [-0.05, 0) is 25.3 Å². The van der Waals surface area contributed by atoms with Crippen molar-refractivity contribution in [3.8, 4) is 0 Å². The Bertz CT molecular complexity index is 427. The van der Waals surface area contributed by atoms with Gasteiger partial charge in [-0.25, -0.2) is 0 Å². The van der Waals surface area contributed by atoms with Gasteiger partial charge < -0.3 is 10.2 Å². The van der Waals surface area contributed by atoms with Crippen LogP contribution in [-0.2, 0) is 14.4 Å². The van der Waals surface area contributed by atoms with Crippen molar-refractivity contribution in [1.29, 1.82) is 0 Å². The second kappa shape index (κ2) is 5.52. The number of imide groups is 1. The number of carbonyl (C=O) groups excluding carboxylic acids is 3. The molecule has 0 aromatic rings. The molecule has 0 aliphatic carbocycles. The van der Waals surface area contributed by atoms with E-state index in [1.165, 1.54) is 4.90 Å². The molecule has 0 aromatic carbocycles. The second-order valence-corrected chi connectivity index (χ2v) is 6.01. The van der Waals surface area contributed by atoms with E-state index in [-0.39, 0.29) is 24.3 Å². The molecule has 6 heteroatoms. The van der Waals surface area contributed by atoms with E-state index >= 15 is 0 Å². The fraction of sp³-hybridized carbons (Fsp3) is 0.786. The van der Waals surface area contributed by atoms with Crippen molar-refractivity contribution in [3.05, 3.63) is 0 Å². The zero-order valence-electron chi connectivity index (χ0n) is 12.4. The van der Waals surface area contributed by atoms with Crippen molar-refractivity contribution < 1.29 is 14.4 Å². The molecule has 20 heavy (non-hydrogen) atoms. The van der Waals surface area contributed by atoms with E-state index in [0.717, 1.165) is 13.0 Å². The van der Waals surface area contributed by atoms with Crippen molar-refractivity contribution in [2.45, 2.75) is 39.7 Å². The van der Waals surface area contributed by atoms with Crippen LogP contribution in [0.2, 0.25) is 0 Å². The van der Waals surface area contributed by atoms with Gasteiger partial charge in [0.2, 0.25) is 17.7 Å². The molecule has 2 unspecified atom stereocenters. The molecule has 112 valence electrons. The molecule has 2 atom stereocenters. The van der Waals surface area contributed by atoms with Crippen LogP contribution in [0.15, 0.2) is 0 Å². The van der Waals surface area contributed by atoms with E-state index in [1.807, 2.05) is 20.8 Å². The smallest absolute Gasteiger partial charge is 0.249 e. The second-order valence-electron chi connectivity index (χ2n) is 6.01. The van der Waals surface area contributed by atoms with Crippen molar-refractivity contribution in [2.75, 3.05) is 19.6 Å². The maximum Gasteiger partial charge on any atom is 0.249 e. The van der Waals surface area contributed by atoms with Crippen LogP contribution in [0.4, 0.5) is 0 Å². The summed E-state index contributed by atoms with van der Waals surface area (Å²) in [4.78, 5) is 38.0. The van der Waals surface area contributed by atoms with Gasteiger partial charge in [-0.2, -0.15) is 0 Å². The number of carbonyl (C=O) groups is 3. The van der Waals surface area contributed by atoms with Crippen LogP contribution in [0, 0.1) is 11.3 Å². The molecule has 6 nitrogen and oxygen atoms in total. The maximum atomic E-state index is 13.0. The summed E-state index contributed by atoms with van der Waals surface area (Å²) in [6.45, 7) is 7.31. The quantitative estimate of drug-likeness (QED) is 0.707. The highest BCUT2D eigenvalue weighted by Gasteiger charge is 2.49. The van der Waals surface area contributed by atoms with Gasteiger partial charge in [-0.1, -0.05) is 20.8 Å². The predicted octanol–water partition coefficient (Wildman–Crippen LogP) is -0.114. The average molecular weight is 281 g/mol. The standard InChI is InChI=1S/C14H23N3O3/c1-4-10-12(19)16-11(18)7-17(10)13(20)14(9(2)3)5-6-15-8-14/h9-10,15H,4-8H2,1-3H3,(H,16,18,19). The average Bonchev–Trinajstić information content (AvgIpc) is 2.87. The van der Waals surface area contributed by atoms with Crippen LogP contribution in [-0.4, -0.2) is 48.3 Å². The topological polar surface area (TPSA) is 78.5 Å². The van der Waals surface area contributed by atoms with Crippen molar-refractivity contribution in [1.82, 2.24) is 15.5 Å². The Morgan fingerprint density at radius 3 is 2.65 bits per heavy atom. The van der Waals surface area contributed by atoms with Gasteiger partial charge in [0.15, 0.2) is 0 Å². The molecule has 0 radical (unpaired) electrons. The summed E-state index contributed by atoms with van der Waals surface area (Å²) in [5, 5.41) is 5.55. The Labute approximate surface area is 119 Å². The molecule has 2 aliphatic rings. The minimum atomic E-state index is -0.531. The third-order valence-corrected chi connectivity index (χ3v) is 4.62. The Morgan fingerprint density at radius 1 is 1.45 bits per heavy atom. The third-order valence-electron chi connectivity index (χ3n) is 4.62. The normalized spacial score (nSPS) is 30.8. The fourth-order valence-electron chi connectivity index (χ4n) is 3.21. The van der Waals surface area contributed by atoms with Crippen LogP contribution in [0.1, 0.15) is 33.6 Å². The summed E-state index contributed by atoms with van der Waals surface area (Å²) in [5.74, 6) is -0.643. The van der Waals surface area contributed by atoms with Gasteiger partial charge in [-0.3, -0.25) is 19.7 Å². The number of hydrogen-bond acceptors (Lipinski definition) is 4. The van der Waals surface area contributed by atoms with E-state index in [9.17, 15) is 14.4 Å². The summed E-state index contributed by atoms with van der Waals surface area (Å²) < 4.78 is 0. The van der Waals surface area contributed by atoms with Crippen LogP contribution in [0.5, 0.6) is 0 Å². The Morgan fingerprint density at radius 2 is 2.15 bits per heavy atom. The van der Waals surface area contributed by atoms with Crippen molar-refractivity contribution >= 4 is 17.7 Å². The minimum Gasteiger partial charge on any atom is -0.321 e. The SMILES string of the molecule is CCC1C(=O)NC(=O)CN1C(=O)C1(C(C)C)CCNC1. The molecular weight excluding hydrogens is 258 g/mol. The minimum absolute atomic E-state index is 0.0163. The summed E-state index contributed by atoms with van der Waals surface area (Å²) in [6, 6.07) is -0.531. The molecule has 2 N–H and O–H groups in total. The molecule has 2 aliphatic heterocycles. The van der Waals surface area contributed by atoms with Gasteiger partial charge >= 0.3 is 0 Å². The van der Waals surface area contributed by atoms with E-state index in [0.29, 0.717) is 13.0 Å². The molecule has 3 amide bonds. The largest absolute Gasteiger partial charge is 0.321 e. The molecule has 2 fully saturated rings. The highest BCUT2D eigenvalue weighted by Crippen LogP contribution is 2.37. The van der Waals surface area contributed by atoms with Crippen LogP contribution < -0.4 is 10.6 Å². The summed E-state index contributed by atoms with van der Waals surface area (Å²) in [6.07, 6.45) is 1.28. The Balaban J connectivity index is 2.29. The first-order chi connectivity index (χ1) is 9.42. The lowest BCUT2D eigenvalue weighted by atomic mass is 9.74. The lowest BCUT2D eigenvalue weighted by Crippen LogP contribution is -2.63. The van der Waals surface area contributed by atoms with Crippen LogP contribution in [0.3, 0.4) is 0 Å². The van der Waals surface area contributed by atoms with Gasteiger partial charge in [0, 0.05) is 6.54 Å². The summed E-state index contributed by atoms with van der Waals surface area (Å²) in [5.41, 5.74) is -0.495. The third kappa shape index (κ3) is 2.32. The number of nitrogens with zero attached hydrogens (tertiary/aromatic N) is 1. The fourth-order valence-corrected chi connectivity index (χ4v) is 3.21. The molecule has 0 spiro atoms.